The van der Waals surface area contributed by atoms with Gasteiger partial charge in [-0.15, -0.1) is 0 Å². The molecule has 1 saturated carbocycles. The number of aryl methyl sites for hydroxylation is 1. The van der Waals surface area contributed by atoms with Crippen LogP contribution in [-0.4, -0.2) is 28.7 Å². The summed E-state index contributed by atoms with van der Waals surface area (Å²) < 4.78 is 0. The lowest BCUT2D eigenvalue weighted by Crippen LogP contribution is -2.40. The first-order valence-corrected chi connectivity index (χ1v) is 8.83. The van der Waals surface area contributed by atoms with Gasteiger partial charge in [0.05, 0.1) is 0 Å². The number of hydrogen-bond donors (Lipinski definition) is 0. The molecule has 0 N–H and O–H groups in total. The lowest BCUT2D eigenvalue weighted by atomic mass is 10.1. The Morgan fingerprint density at radius 2 is 1.90 bits per heavy atom. The highest BCUT2D eigenvalue weighted by atomic mass is 79.9. The molecule has 0 spiro atoms. The second-order valence-electron chi connectivity index (χ2n) is 5.55. The Kier molecular flexibility index (Phi) is 6.58. The van der Waals surface area contributed by atoms with Gasteiger partial charge < -0.3 is 4.90 Å². The highest BCUT2D eigenvalue weighted by Gasteiger charge is 2.25. The van der Waals surface area contributed by atoms with Gasteiger partial charge in [0.25, 0.3) is 0 Å². The molecule has 1 fully saturated rings. The molecular weight excluding hydrogens is 314 g/mol. The average Bonchev–Trinajstić information content (AvgIpc) is 2.99. The van der Waals surface area contributed by atoms with Crippen molar-refractivity contribution >= 4 is 21.8 Å². The molecule has 1 aliphatic carbocycles. The maximum Gasteiger partial charge on any atom is 0.222 e. The zero-order valence-electron chi connectivity index (χ0n) is 12.1. The van der Waals surface area contributed by atoms with Gasteiger partial charge >= 0.3 is 0 Å². The Labute approximate surface area is 130 Å². The van der Waals surface area contributed by atoms with E-state index in [4.69, 9.17) is 0 Å². The summed E-state index contributed by atoms with van der Waals surface area (Å²) in [6.07, 6.45) is 7.57. The van der Waals surface area contributed by atoms with Gasteiger partial charge in [-0.3, -0.25) is 4.79 Å². The number of rotatable bonds is 7. The van der Waals surface area contributed by atoms with Crippen LogP contribution in [0.4, 0.5) is 0 Å². The summed E-state index contributed by atoms with van der Waals surface area (Å²) in [5.41, 5.74) is 1.33. The Morgan fingerprint density at radius 3 is 2.55 bits per heavy atom. The van der Waals surface area contributed by atoms with Gasteiger partial charge in [-0.2, -0.15) is 0 Å². The predicted octanol–water partition coefficient (Wildman–Crippen LogP) is 4.18. The topological polar surface area (TPSA) is 20.3 Å². The van der Waals surface area contributed by atoms with Crippen LogP contribution in [-0.2, 0) is 11.2 Å². The summed E-state index contributed by atoms with van der Waals surface area (Å²) in [6.45, 7) is 0.856. The second-order valence-corrected chi connectivity index (χ2v) is 6.35. The van der Waals surface area contributed by atoms with Crippen LogP contribution in [0.15, 0.2) is 30.3 Å². The smallest absolute Gasteiger partial charge is 0.222 e. The van der Waals surface area contributed by atoms with Crippen LogP contribution in [0.5, 0.6) is 0 Å². The van der Waals surface area contributed by atoms with E-state index in [1.807, 2.05) is 6.07 Å². The summed E-state index contributed by atoms with van der Waals surface area (Å²) in [5, 5.41) is 0.883. The molecule has 1 amide bonds. The minimum atomic E-state index is 0.340. The molecule has 0 saturated heterocycles. The van der Waals surface area contributed by atoms with Crippen molar-refractivity contribution in [2.75, 3.05) is 11.9 Å². The number of amides is 1. The third kappa shape index (κ3) is 4.62. The fraction of sp³-hybridized carbons (Fsp3) is 0.588. The molecule has 0 aliphatic heterocycles. The predicted molar refractivity (Wildman–Crippen MR) is 87.1 cm³/mol. The molecule has 1 aromatic carbocycles. The number of carbonyl (C=O) groups excluding carboxylic acids is 1. The minimum absolute atomic E-state index is 0.340. The van der Waals surface area contributed by atoms with E-state index in [1.54, 1.807) is 0 Å². The van der Waals surface area contributed by atoms with E-state index in [9.17, 15) is 4.79 Å². The highest BCUT2D eigenvalue weighted by Crippen LogP contribution is 2.24. The minimum Gasteiger partial charge on any atom is -0.339 e. The molecule has 2 nitrogen and oxygen atoms in total. The highest BCUT2D eigenvalue weighted by molar-refractivity contribution is 9.09. The second kappa shape index (κ2) is 8.46. The molecule has 110 valence electrons. The van der Waals surface area contributed by atoms with Crippen LogP contribution in [0.3, 0.4) is 0 Å². The average molecular weight is 338 g/mol. The van der Waals surface area contributed by atoms with Crippen LogP contribution < -0.4 is 0 Å². The first-order valence-electron chi connectivity index (χ1n) is 7.70. The normalized spacial score (nSPS) is 15.4. The van der Waals surface area contributed by atoms with E-state index < -0.39 is 0 Å². The molecule has 1 aromatic rings. The van der Waals surface area contributed by atoms with Crippen LogP contribution in [0.1, 0.15) is 44.1 Å². The fourth-order valence-corrected chi connectivity index (χ4v) is 3.43. The van der Waals surface area contributed by atoms with E-state index in [2.05, 4.69) is 45.1 Å². The fourth-order valence-electron chi connectivity index (χ4n) is 3.05. The molecule has 0 radical (unpaired) electrons. The van der Waals surface area contributed by atoms with Crippen molar-refractivity contribution in [3.05, 3.63) is 35.9 Å². The molecule has 0 atom stereocenters. The number of benzene rings is 1. The standard InChI is InChI=1S/C17H24BrNO/c18-13-14-19(16-10-4-5-11-16)17(20)12-6-9-15-7-2-1-3-8-15/h1-3,7-8,16H,4-6,9-14H2. The Morgan fingerprint density at radius 1 is 1.20 bits per heavy atom. The number of carbonyl (C=O) groups is 1. The van der Waals surface area contributed by atoms with E-state index in [1.165, 1.54) is 31.2 Å². The van der Waals surface area contributed by atoms with E-state index in [0.717, 1.165) is 24.7 Å². The number of alkyl halides is 1. The van der Waals surface area contributed by atoms with Crippen LogP contribution >= 0.6 is 15.9 Å². The van der Waals surface area contributed by atoms with Gasteiger partial charge in [0, 0.05) is 24.3 Å². The van der Waals surface area contributed by atoms with Crippen LogP contribution in [0, 0.1) is 0 Å². The molecule has 20 heavy (non-hydrogen) atoms. The number of hydrogen-bond acceptors (Lipinski definition) is 1. The van der Waals surface area contributed by atoms with Gasteiger partial charge in [0.1, 0.15) is 0 Å². The molecular formula is C17H24BrNO. The Hall–Kier alpha value is -0.830. The van der Waals surface area contributed by atoms with Crippen molar-refractivity contribution in [3.63, 3.8) is 0 Å². The Balaban J connectivity index is 1.79. The first-order chi connectivity index (χ1) is 9.81. The zero-order chi connectivity index (χ0) is 14.2. The van der Waals surface area contributed by atoms with Gasteiger partial charge in [-0.1, -0.05) is 59.1 Å². The molecule has 0 aromatic heterocycles. The van der Waals surface area contributed by atoms with Gasteiger partial charge in [-0.25, -0.2) is 0 Å². The Bertz CT molecular complexity index is 401. The maximum atomic E-state index is 12.4. The molecule has 0 heterocycles. The van der Waals surface area contributed by atoms with Crippen molar-refractivity contribution in [2.24, 2.45) is 0 Å². The molecule has 0 unspecified atom stereocenters. The third-order valence-electron chi connectivity index (χ3n) is 4.11. The maximum absolute atomic E-state index is 12.4. The zero-order valence-corrected chi connectivity index (χ0v) is 13.6. The summed E-state index contributed by atoms with van der Waals surface area (Å²) in [4.78, 5) is 14.5. The van der Waals surface area contributed by atoms with E-state index in [-0.39, 0.29) is 0 Å². The molecule has 2 rings (SSSR count). The lowest BCUT2D eigenvalue weighted by molar-refractivity contribution is -0.133. The van der Waals surface area contributed by atoms with Gasteiger partial charge in [-0.05, 0) is 31.2 Å². The van der Waals surface area contributed by atoms with E-state index >= 15 is 0 Å². The van der Waals surface area contributed by atoms with Gasteiger partial charge in [0.15, 0.2) is 0 Å². The molecule has 0 bridgehead atoms. The van der Waals surface area contributed by atoms with Gasteiger partial charge in [0.2, 0.25) is 5.91 Å². The summed E-state index contributed by atoms with van der Waals surface area (Å²) in [7, 11) is 0. The quantitative estimate of drug-likeness (QED) is 0.683. The van der Waals surface area contributed by atoms with Crippen LogP contribution in [0.25, 0.3) is 0 Å². The lowest BCUT2D eigenvalue weighted by Gasteiger charge is -2.28. The van der Waals surface area contributed by atoms with Crippen molar-refractivity contribution in [3.8, 4) is 0 Å². The summed E-state index contributed by atoms with van der Waals surface area (Å²) in [6, 6.07) is 10.9. The first kappa shape index (κ1) is 15.6. The summed E-state index contributed by atoms with van der Waals surface area (Å²) >= 11 is 3.48. The number of halogens is 1. The largest absolute Gasteiger partial charge is 0.339 e. The van der Waals surface area contributed by atoms with Crippen molar-refractivity contribution < 1.29 is 4.79 Å². The van der Waals surface area contributed by atoms with Crippen molar-refractivity contribution in [1.29, 1.82) is 0 Å². The monoisotopic (exact) mass is 337 g/mol. The van der Waals surface area contributed by atoms with Crippen molar-refractivity contribution in [2.45, 2.75) is 51.0 Å². The van der Waals surface area contributed by atoms with E-state index in [0.29, 0.717) is 18.4 Å². The SMILES string of the molecule is O=C(CCCc1ccccc1)N(CCBr)C1CCCC1. The van der Waals surface area contributed by atoms with Crippen molar-refractivity contribution in [1.82, 2.24) is 4.90 Å². The molecule has 1 aliphatic rings. The summed E-state index contributed by atoms with van der Waals surface area (Å²) in [5.74, 6) is 0.340. The van der Waals surface area contributed by atoms with Crippen LogP contribution in [0.2, 0.25) is 0 Å². The molecule has 3 heteroatoms. The third-order valence-corrected chi connectivity index (χ3v) is 4.46. The number of nitrogens with zero attached hydrogens (tertiary/aromatic N) is 1.